The second kappa shape index (κ2) is 6.10. The lowest BCUT2D eigenvalue weighted by molar-refractivity contribution is -0.137. The maximum atomic E-state index is 12.5. The van der Waals surface area contributed by atoms with Crippen LogP contribution in [0.3, 0.4) is 0 Å². The van der Waals surface area contributed by atoms with Crippen molar-refractivity contribution in [1.82, 2.24) is 4.90 Å². The van der Waals surface area contributed by atoms with Gasteiger partial charge in [-0.2, -0.15) is 0 Å². The lowest BCUT2D eigenvalue weighted by Gasteiger charge is -2.20. The monoisotopic (exact) mass is 545 g/mol. The molecule has 21 heavy (non-hydrogen) atoms. The highest BCUT2D eigenvalue weighted by Gasteiger charge is 2.43. The van der Waals surface area contributed by atoms with E-state index < -0.39 is 23.8 Å². The van der Waals surface area contributed by atoms with Crippen molar-refractivity contribution >= 4 is 81.5 Å². The van der Waals surface area contributed by atoms with Gasteiger partial charge in [-0.15, -0.1) is 0 Å². The summed E-state index contributed by atoms with van der Waals surface area (Å²) in [7, 11) is 0. The van der Waals surface area contributed by atoms with Crippen LogP contribution in [0.25, 0.3) is 0 Å². The first-order valence-corrected chi connectivity index (χ1v) is 8.81. The van der Waals surface area contributed by atoms with Crippen LogP contribution in [0.5, 0.6) is 0 Å². The molecule has 1 unspecified atom stereocenters. The van der Waals surface area contributed by atoms with Gasteiger partial charge in [-0.3, -0.25) is 19.3 Å². The number of carbonyl (C=O) groups is 3. The summed E-state index contributed by atoms with van der Waals surface area (Å²) in [5, 5.41) is 8.85. The maximum absolute atomic E-state index is 12.5. The molecule has 1 aromatic rings. The first-order chi connectivity index (χ1) is 9.68. The number of carbonyl (C=O) groups excluding carboxylic acids is 2. The minimum absolute atomic E-state index is 0.221. The van der Waals surface area contributed by atoms with Gasteiger partial charge in [0.2, 0.25) is 0 Å². The van der Waals surface area contributed by atoms with E-state index >= 15 is 0 Å². The van der Waals surface area contributed by atoms with Crippen molar-refractivity contribution in [2.75, 3.05) is 0 Å². The molecule has 1 aromatic carbocycles. The lowest BCUT2D eigenvalue weighted by atomic mass is 10.1. The molecule has 0 saturated heterocycles. The summed E-state index contributed by atoms with van der Waals surface area (Å²) < 4.78 is 2.11. The van der Waals surface area contributed by atoms with Gasteiger partial charge >= 0.3 is 5.97 Å². The van der Waals surface area contributed by atoms with Crippen molar-refractivity contribution in [3.63, 3.8) is 0 Å². The van der Waals surface area contributed by atoms with E-state index in [1.54, 1.807) is 0 Å². The fraction of sp³-hybridized carbons (Fsp3) is 0.250. The first kappa shape index (κ1) is 17.1. The van der Waals surface area contributed by atoms with Crippen LogP contribution in [-0.4, -0.2) is 33.8 Å². The summed E-state index contributed by atoms with van der Waals surface area (Å²) >= 11 is 13.3. The Kier molecular flexibility index (Phi) is 4.97. The van der Waals surface area contributed by atoms with E-state index in [1.165, 1.54) is 6.92 Å². The van der Waals surface area contributed by atoms with Crippen LogP contribution in [0, 0.1) is 0 Å². The molecular formula is C12H7Br4NO4. The number of hydrogen-bond donors (Lipinski definition) is 1. The largest absolute Gasteiger partial charge is 0.481 e. The molecule has 0 spiro atoms. The number of benzene rings is 1. The molecule has 1 atom stereocenters. The predicted octanol–water partition coefficient (Wildman–Crippen LogP) is 4.20. The van der Waals surface area contributed by atoms with Crippen molar-refractivity contribution in [2.24, 2.45) is 0 Å². The smallest absolute Gasteiger partial charge is 0.305 e. The number of amides is 2. The van der Waals surface area contributed by atoms with E-state index in [9.17, 15) is 14.4 Å². The Morgan fingerprint density at radius 1 is 1.00 bits per heavy atom. The zero-order valence-electron chi connectivity index (χ0n) is 10.4. The summed E-state index contributed by atoms with van der Waals surface area (Å²) in [5.41, 5.74) is 0.443. The SMILES string of the molecule is CC(CC(=O)O)N1C(=O)c2c(Br)c(Br)c(Br)c(Br)c2C1=O. The number of carboxylic acids is 1. The van der Waals surface area contributed by atoms with Gasteiger partial charge < -0.3 is 5.11 Å². The molecule has 0 aromatic heterocycles. The van der Waals surface area contributed by atoms with E-state index in [0.717, 1.165) is 4.90 Å². The van der Waals surface area contributed by atoms with Crippen molar-refractivity contribution in [3.05, 3.63) is 29.0 Å². The highest BCUT2D eigenvalue weighted by Crippen LogP contribution is 2.45. The Morgan fingerprint density at radius 2 is 1.38 bits per heavy atom. The molecular weight excluding hydrogens is 542 g/mol. The number of rotatable bonds is 3. The van der Waals surface area contributed by atoms with Crippen LogP contribution in [0.1, 0.15) is 34.1 Å². The highest BCUT2D eigenvalue weighted by molar-refractivity contribution is 9.15. The van der Waals surface area contributed by atoms with Gasteiger partial charge in [0.1, 0.15) is 0 Å². The molecule has 0 aliphatic carbocycles. The molecule has 1 heterocycles. The van der Waals surface area contributed by atoms with Gasteiger partial charge in [0.15, 0.2) is 0 Å². The predicted molar refractivity (Wildman–Crippen MR) is 89.5 cm³/mol. The van der Waals surface area contributed by atoms with Crippen molar-refractivity contribution in [3.8, 4) is 0 Å². The Bertz CT molecular complexity index is 642. The molecule has 0 radical (unpaired) electrons. The third-order valence-electron chi connectivity index (χ3n) is 3.04. The minimum Gasteiger partial charge on any atom is -0.481 e. The van der Waals surface area contributed by atoms with Crippen LogP contribution in [0.15, 0.2) is 17.9 Å². The normalized spacial score (nSPS) is 15.4. The number of aliphatic carboxylic acids is 1. The van der Waals surface area contributed by atoms with Crippen molar-refractivity contribution in [1.29, 1.82) is 0 Å². The summed E-state index contributed by atoms with van der Waals surface area (Å²) in [5.74, 6) is -2.09. The molecule has 0 bridgehead atoms. The Hall–Kier alpha value is -0.250. The summed E-state index contributed by atoms with van der Waals surface area (Å²) in [6, 6.07) is -0.730. The molecule has 112 valence electrons. The Labute approximate surface area is 153 Å². The molecule has 9 heteroatoms. The number of fused-ring (bicyclic) bond motifs is 1. The van der Waals surface area contributed by atoms with Crippen molar-refractivity contribution in [2.45, 2.75) is 19.4 Å². The fourth-order valence-corrected chi connectivity index (χ4v) is 4.57. The minimum atomic E-state index is -1.07. The topological polar surface area (TPSA) is 74.7 Å². The van der Waals surface area contributed by atoms with E-state index in [-0.39, 0.29) is 17.5 Å². The summed E-state index contributed by atoms with van der Waals surface area (Å²) in [6.45, 7) is 1.53. The van der Waals surface area contributed by atoms with E-state index in [0.29, 0.717) is 17.9 Å². The van der Waals surface area contributed by atoms with Crippen LogP contribution < -0.4 is 0 Å². The molecule has 2 amide bonds. The van der Waals surface area contributed by atoms with E-state index in [4.69, 9.17) is 5.11 Å². The van der Waals surface area contributed by atoms with E-state index in [2.05, 4.69) is 63.7 Å². The fourth-order valence-electron chi connectivity index (χ4n) is 2.11. The van der Waals surface area contributed by atoms with E-state index in [1.807, 2.05) is 0 Å². The van der Waals surface area contributed by atoms with Crippen LogP contribution >= 0.6 is 63.7 Å². The third kappa shape index (κ3) is 2.73. The second-order valence-electron chi connectivity index (χ2n) is 4.43. The molecule has 5 nitrogen and oxygen atoms in total. The van der Waals surface area contributed by atoms with Gasteiger partial charge in [0.05, 0.1) is 17.5 Å². The van der Waals surface area contributed by atoms with Crippen LogP contribution in [0.4, 0.5) is 0 Å². The molecule has 2 rings (SSSR count). The highest BCUT2D eigenvalue weighted by atomic mass is 79.9. The van der Waals surface area contributed by atoms with Gasteiger partial charge in [0.25, 0.3) is 11.8 Å². The quantitative estimate of drug-likeness (QED) is 0.349. The van der Waals surface area contributed by atoms with Crippen LogP contribution in [0.2, 0.25) is 0 Å². The van der Waals surface area contributed by atoms with Gasteiger partial charge in [0, 0.05) is 23.9 Å². The van der Waals surface area contributed by atoms with Gasteiger partial charge in [-0.05, 0) is 70.6 Å². The molecule has 0 saturated carbocycles. The maximum Gasteiger partial charge on any atom is 0.305 e. The molecule has 1 aliphatic heterocycles. The summed E-state index contributed by atoms with van der Waals surface area (Å²) in [6.07, 6.45) is -0.303. The summed E-state index contributed by atoms with van der Waals surface area (Å²) in [4.78, 5) is 36.8. The Morgan fingerprint density at radius 3 is 1.71 bits per heavy atom. The molecule has 0 fully saturated rings. The van der Waals surface area contributed by atoms with Crippen molar-refractivity contribution < 1.29 is 19.5 Å². The molecule has 1 N–H and O–H groups in total. The number of hydrogen-bond acceptors (Lipinski definition) is 3. The first-order valence-electron chi connectivity index (χ1n) is 5.64. The number of nitrogens with zero attached hydrogens (tertiary/aromatic N) is 1. The third-order valence-corrected chi connectivity index (χ3v) is 7.81. The lowest BCUT2D eigenvalue weighted by Crippen LogP contribution is -2.39. The zero-order chi connectivity index (χ0) is 16.1. The second-order valence-corrected chi connectivity index (χ2v) is 7.61. The van der Waals surface area contributed by atoms with Gasteiger partial charge in [-0.25, -0.2) is 0 Å². The van der Waals surface area contributed by atoms with Gasteiger partial charge in [-0.1, -0.05) is 0 Å². The number of carboxylic acid groups (broad SMARTS) is 1. The number of imide groups is 1. The van der Waals surface area contributed by atoms with Crippen LogP contribution in [-0.2, 0) is 4.79 Å². The average molecular weight is 549 g/mol. The molecule has 1 aliphatic rings. The Balaban J connectivity index is 2.60. The average Bonchev–Trinajstić information content (AvgIpc) is 2.64. The number of halogens is 4. The standard InChI is InChI=1S/C12H7Br4NO4/c1-3(2-4(18)19)17-11(20)5-6(12(17)21)8(14)10(16)9(15)7(5)13/h3H,2H2,1H3,(H,18,19). The zero-order valence-corrected chi connectivity index (χ0v) is 16.8.